The van der Waals surface area contributed by atoms with Gasteiger partial charge in [-0.15, -0.1) is 11.8 Å². The van der Waals surface area contributed by atoms with Crippen molar-refractivity contribution in [3.63, 3.8) is 0 Å². The van der Waals surface area contributed by atoms with Crippen molar-refractivity contribution in [3.05, 3.63) is 103 Å². The van der Waals surface area contributed by atoms with Crippen LogP contribution in [0.1, 0.15) is 61.3 Å². The van der Waals surface area contributed by atoms with Crippen molar-refractivity contribution in [2.75, 3.05) is 23.5 Å². The van der Waals surface area contributed by atoms with Crippen LogP contribution in [-0.4, -0.2) is 41.5 Å². The standard InChI is InChI=1S/C19H26N2S.C18H22N2.C2H6O/c1-14(2)12-15(3)20-18-11-10-17(13-19(18)22-4)21-16-8-6-5-7-9-16;1-14(2)13-15(3)19-17-9-11-18(12-10-17)20-16-7-5-4-6-8-16;1-2-3/h5-11,13-15,20-21H,12H2,1-4H3;4-12,14-15H,13H2,1-3H3;3H,2H2,1H3. The maximum absolute atomic E-state index is 7.57. The first-order valence-electron chi connectivity index (χ1n) is 16.1. The van der Waals surface area contributed by atoms with Gasteiger partial charge in [0.05, 0.1) is 17.1 Å². The Labute approximate surface area is 277 Å². The normalized spacial score (nSPS) is 13.3. The van der Waals surface area contributed by atoms with E-state index < -0.39 is 0 Å². The van der Waals surface area contributed by atoms with E-state index in [4.69, 9.17) is 10.1 Å². The highest BCUT2D eigenvalue weighted by molar-refractivity contribution is 7.98. The largest absolute Gasteiger partial charge is 0.397 e. The zero-order valence-corrected chi connectivity index (χ0v) is 29.3. The minimum Gasteiger partial charge on any atom is -0.397 e. The van der Waals surface area contributed by atoms with Crippen LogP contribution in [0.2, 0.25) is 0 Å². The molecule has 3 aromatic rings. The predicted octanol–water partition coefficient (Wildman–Crippen LogP) is 10.8. The fourth-order valence-electron chi connectivity index (χ4n) is 4.86. The van der Waals surface area contributed by atoms with Crippen molar-refractivity contribution < 1.29 is 5.11 Å². The Kier molecular flexibility index (Phi) is 17.7. The molecule has 2 atom stereocenters. The summed E-state index contributed by atoms with van der Waals surface area (Å²) in [5.74, 6) is 1.39. The lowest BCUT2D eigenvalue weighted by Crippen LogP contribution is -2.17. The third kappa shape index (κ3) is 15.8. The second-order valence-corrected chi connectivity index (χ2v) is 12.8. The van der Waals surface area contributed by atoms with Crippen LogP contribution in [0.3, 0.4) is 0 Å². The minimum absolute atomic E-state index is 0.250. The van der Waals surface area contributed by atoms with Gasteiger partial charge < -0.3 is 15.7 Å². The molecule has 4 rings (SSSR count). The smallest absolute Gasteiger partial charge is 0.0638 e. The topological polar surface area (TPSA) is 69.0 Å². The maximum atomic E-state index is 7.57. The van der Waals surface area contributed by atoms with Crippen molar-refractivity contribution in [2.45, 2.75) is 78.3 Å². The van der Waals surface area contributed by atoms with Crippen molar-refractivity contribution in [1.82, 2.24) is 0 Å². The minimum atomic E-state index is 0.250. The highest BCUT2D eigenvalue weighted by Crippen LogP contribution is 2.31. The van der Waals surface area contributed by atoms with Crippen LogP contribution < -0.4 is 10.6 Å². The number of para-hydroxylation sites is 2. The molecule has 0 heterocycles. The van der Waals surface area contributed by atoms with Gasteiger partial charge in [-0.25, -0.2) is 4.99 Å². The van der Waals surface area contributed by atoms with Gasteiger partial charge in [0.1, 0.15) is 0 Å². The fourth-order valence-corrected chi connectivity index (χ4v) is 5.45. The first-order chi connectivity index (χ1) is 21.6. The lowest BCUT2D eigenvalue weighted by molar-refractivity contribution is 0.318. The van der Waals surface area contributed by atoms with E-state index in [2.05, 4.69) is 93.8 Å². The van der Waals surface area contributed by atoms with Gasteiger partial charge in [0.25, 0.3) is 0 Å². The number of aliphatic hydroxyl groups is 1. The summed E-state index contributed by atoms with van der Waals surface area (Å²) >= 11 is 1.78. The van der Waals surface area contributed by atoms with E-state index in [9.17, 15) is 0 Å². The third-order valence-corrected chi connectivity index (χ3v) is 7.31. The van der Waals surface area contributed by atoms with Crippen LogP contribution >= 0.6 is 11.8 Å². The molecule has 3 aromatic carbocycles. The average Bonchev–Trinajstić information content (AvgIpc) is 3.00. The molecule has 0 saturated heterocycles. The molecule has 1 aliphatic rings. The van der Waals surface area contributed by atoms with Crippen molar-refractivity contribution in [2.24, 2.45) is 21.8 Å². The molecule has 0 radical (unpaired) electrons. The summed E-state index contributed by atoms with van der Waals surface area (Å²) in [5.41, 5.74) is 6.43. The van der Waals surface area contributed by atoms with Crippen LogP contribution in [0.5, 0.6) is 0 Å². The van der Waals surface area contributed by atoms with E-state index in [0.717, 1.165) is 34.9 Å². The summed E-state index contributed by atoms with van der Waals surface area (Å²) in [6, 6.07) is 27.6. The van der Waals surface area contributed by atoms with E-state index in [-0.39, 0.29) is 6.61 Å². The van der Waals surface area contributed by atoms with Crippen molar-refractivity contribution >= 4 is 45.9 Å². The lowest BCUT2D eigenvalue weighted by atomic mass is 10.1. The Morgan fingerprint density at radius 2 is 1.27 bits per heavy atom. The van der Waals surface area contributed by atoms with Gasteiger partial charge in [-0.1, -0.05) is 64.1 Å². The van der Waals surface area contributed by atoms with Crippen LogP contribution in [0.4, 0.5) is 22.7 Å². The van der Waals surface area contributed by atoms with Crippen LogP contribution in [0.15, 0.2) is 118 Å². The number of hydrogen-bond donors (Lipinski definition) is 3. The lowest BCUT2D eigenvalue weighted by Gasteiger charge is -2.20. The number of aliphatic hydroxyl groups excluding tert-OH is 1. The second-order valence-electron chi connectivity index (χ2n) is 12.0. The van der Waals surface area contributed by atoms with Gasteiger partial charge >= 0.3 is 0 Å². The molecular formula is C39H54N4OS. The molecule has 5 nitrogen and oxygen atoms in total. The number of rotatable bonds is 11. The Morgan fingerprint density at radius 1 is 0.711 bits per heavy atom. The van der Waals surface area contributed by atoms with E-state index in [1.54, 1.807) is 18.7 Å². The van der Waals surface area contributed by atoms with E-state index in [1.807, 2.05) is 72.8 Å². The van der Waals surface area contributed by atoms with Crippen molar-refractivity contribution in [1.29, 1.82) is 0 Å². The molecule has 45 heavy (non-hydrogen) atoms. The number of aliphatic imine (C=N–C) groups is 2. The Balaban J connectivity index is 0.000000289. The molecule has 1 aliphatic carbocycles. The summed E-state index contributed by atoms with van der Waals surface area (Å²) in [4.78, 5) is 10.5. The average molecular weight is 627 g/mol. The monoisotopic (exact) mass is 626 g/mol. The molecule has 0 bridgehead atoms. The summed E-state index contributed by atoms with van der Waals surface area (Å²) in [5, 5.41) is 14.7. The molecule has 0 spiro atoms. The fraction of sp³-hybridized carbons (Fsp3) is 0.385. The number of benzene rings is 3. The number of allylic oxidation sites excluding steroid dienone is 4. The van der Waals surface area contributed by atoms with Crippen LogP contribution in [0.25, 0.3) is 0 Å². The summed E-state index contributed by atoms with van der Waals surface area (Å²) < 4.78 is 0. The van der Waals surface area contributed by atoms with Gasteiger partial charge in [0.2, 0.25) is 0 Å². The molecule has 0 aromatic heterocycles. The third-order valence-electron chi connectivity index (χ3n) is 6.54. The number of nitrogens with zero attached hydrogens (tertiary/aromatic N) is 2. The summed E-state index contributed by atoms with van der Waals surface area (Å²) in [7, 11) is 0. The molecule has 0 amide bonds. The zero-order chi connectivity index (χ0) is 33.0. The van der Waals surface area contributed by atoms with Gasteiger partial charge in [0.15, 0.2) is 0 Å². The van der Waals surface area contributed by atoms with Crippen LogP contribution in [-0.2, 0) is 0 Å². The predicted molar refractivity (Wildman–Crippen MR) is 201 cm³/mol. The van der Waals surface area contributed by atoms with Gasteiger partial charge in [0, 0.05) is 40.6 Å². The molecule has 0 aliphatic heterocycles. The zero-order valence-electron chi connectivity index (χ0n) is 28.5. The molecule has 0 saturated carbocycles. The Hall–Kier alpha value is -3.61. The Morgan fingerprint density at radius 3 is 1.82 bits per heavy atom. The van der Waals surface area contributed by atoms with Gasteiger partial charge in [-0.2, -0.15) is 0 Å². The quantitative estimate of drug-likeness (QED) is 0.146. The number of hydrogen-bond acceptors (Lipinski definition) is 6. The highest BCUT2D eigenvalue weighted by Gasteiger charge is 2.09. The summed E-state index contributed by atoms with van der Waals surface area (Å²) in [6.45, 7) is 15.3. The number of nitrogens with one attached hydrogen (secondary N) is 2. The number of thioether (sulfide) groups is 1. The number of anilines is 3. The molecule has 242 valence electrons. The van der Waals surface area contributed by atoms with E-state index in [0.29, 0.717) is 23.9 Å². The molecule has 2 unspecified atom stereocenters. The molecule has 3 N–H and O–H groups in total. The second kappa shape index (κ2) is 21.2. The van der Waals surface area contributed by atoms with E-state index in [1.165, 1.54) is 17.0 Å². The molecule has 0 fully saturated rings. The summed E-state index contributed by atoms with van der Waals surface area (Å²) in [6.07, 6.45) is 12.5. The molecular weight excluding hydrogens is 573 g/mol. The van der Waals surface area contributed by atoms with E-state index >= 15 is 0 Å². The first-order valence-corrected chi connectivity index (χ1v) is 17.3. The first kappa shape index (κ1) is 37.6. The highest BCUT2D eigenvalue weighted by atomic mass is 32.2. The van der Waals surface area contributed by atoms with Gasteiger partial charge in [-0.05, 0) is 118 Å². The molecule has 6 heteroatoms. The van der Waals surface area contributed by atoms with Crippen LogP contribution in [0, 0.1) is 11.8 Å². The Bertz CT molecular complexity index is 1350. The van der Waals surface area contributed by atoms with Crippen molar-refractivity contribution in [3.8, 4) is 0 Å². The maximum Gasteiger partial charge on any atom is 0.0638 e. The van der Waals surface area contributed by atoms with Gasteiger partial charge in [-0.3, -0.25) is 4.99 Å². The SMILES string of the molecule is CC(C)CC(C)N=C1C=CC(=Nc2ccccc2)C=C1.CCO.CSc1cc(Nc2ccccc2)ccc1NC(C)CC(C)C.